The van der Waals surface area contributed by atoms with Crippen LogP contribution in [0.25, 0.3) is 11.5 Å². The van der Waals surface area contributed by atoms with E-state index in [-0.39, 0.29) is 16.5 Å². The van der Waals surface area contributed by atoms with Gasteiger partial charge in [-0.3, -0.25) is 10.1 Å². The number of nitro groups is 1. The van der Waals surface area contributed by atoms with Gasteiger partial charge < -0.3 is 19.1 Å². The van der Waals surface area contributed by atoms with Gasteiger partial charge in [-0.25, -0.2) is 0 Å². The average molecular weight is 395 g/mol. The van der Waals surface area contributed by atoms with Gasteiger partial charge >= 0.3 is 0 Å². The number of nitro benzene ring substituents is 1. The lowest BCUT2D eigenvalue weighted by molar-refractivity contribution is -0.384. The van der Waals surface area contributed by atoms with Gasteiger partial charge in [0.15, 0.2) is 5.82 Å². The minimum atomic E-state index is -0.363. The number of methoxy groups -OCH3 is 1. The van der Waals surface area contributed by atoms with E-state index in [1.807, 2.05) is 29.2 Å². The molecule has 1 aliphatic rings. The summed E-state index contributed by atoms with van der Waals surface area (Å²) in [7, 11) is 1.64. The molecule has 0 spiro atoms. The van der Waals surface area contributed by atoms with E-state index in [4.69, 9.17) is 9.26 Å². The Hall–Kier alpha value is -3.62. The minimum absolute atomic E-state index is 0.0382. The number of piperazine rings is 1. The molecule has 3 aromatic rings. The highest BCUT2D eigenvalue weighted by Gasteiger charge is 2.25. The van der Waals surface area contributed by atoms with Crippen molar-refractivity contribution in [2.24, 2.45) is 0 Å². The van der Waals surface area contributed by atoms with Gasteiger partial charge in [-0.1, -0.05) is 5.16 Å². The minimum Gasteiger partial charge on any atom is -0.497 e. The average Bonchev–Trinajstić information content (AvgIpc) is 3.20. The molecule has 2 heterocycles. The van der Waals surface area contributed by atoms with Gasteiger partial charge in [0.25, 0.3) is 11.6 Å². The summed E-state index contributed by atoms with van der Waals surface area (Å²) in [6.07, 6.45) is 0. The summed E-state index contributed by atoms with van der Waals surface area (Å²) >= 11 is 0. The van der Waals surface area contributed by atoms with Crippen LogP contribution >= 0.6 is 0 Å². The maximum absolute atomic E-state index is 11.7. The maximum atomic E-state index is 11.7. The SMILES string of the molecule is COc1ccc(N2CCN(c3ccc(-c4nc(C)no4)cc3[N+](=O)[O-])CC2)cc1. The summed E-state index contributed by atoms with van der Waals surface area (Å²) < 4.78 is 10.3. The summed E-state index contributed by atoms with van der Waals surface area (Å²) in [6, 6.07) is 13.0. The Balaban J connectivity index is 1.52. The molecule has 0 amide bonds. The third kappa shape index (κ3) is 3.84. The number of ether oxygens (including phenoxy) is 1. The Labute approximate surface area is 167 Å². The first-order valence-corrected chi connectivity index (χ1v) is 9.28. The van der Waals surface area contributed by atoms with Crippen molar-refractivity contribution in [3.8, 4) is 17.2 Å². The lowest BCUT2D eigenvalue weighted by atomic mass is 10.1. The quantitative estimate of drug-likeness (QED) is 0.479. The fraction of sp³-hybridized carbons (Fsp3) is 0.300. The van der Waals surface area contributed by atoms with Gasteiger partial charge in [-0.15, -0.1) is 0 Å². The number of benzene rings is 2. The van der Waals surface area contributed by atoms with Crippen LogP contribution in [-0.4, -0.2) is 48.4 Å². The summed E-state index contributed by atoms with van der Waals surface area (Å²) in [5.41, 5.74) is 2.29. The molecule has 1 aromatic heterocycles. The largest absolute Gasteiger partial charge is 0.497 e. The molecule has 0 atom stereocenters. The van der Waals surface area contributed by atoms with Crippen LogP contribution in [0.1, 0.15) is 5.82 Å². The topological polar surface area (TPSA) is 97.8 Å². The molecule has 1 fully saturated rings. The lowest BCUT2D eigenvalue weighted by Gasteiger charge is -2.37. The first kappa shape index (κ1) is 18.7. The lowest BCUT2D eigenvalue weighted by Crippen LogP contribution is -2.46. The van der Waals surface area contributed by atoms with Gasteiger partial charge in [0.2, 0.25) is 0 Å². The number of nitrogens with zero attached hydrogens (tertiary/aromatic N) is 5. The van der Waals surface area contributed by atoms with Crippen molar-refractivity contribution in [1.29, 1.82) is 0 Å². The summed E-state index contributed by atoms with van der Waals surface area (Å²) in [6.45, 7) is 4.62. The first-order valence-electron chi connectivity index (χ1n) is 9.28. The van der Waals surface area contributed by atoms with Crippen molar-refractivity contribution < 1.29 is 14.2 Å². The highest BCUT2D eigenvalue weighted by molar-refractivity contribution is 5.71. The van der Waals surface area contributed by atoms with E-state index in [2.05, 4.69) is 15.0 Å². The molecular weight excluding hydrogens is 374 g/mol. The third-order valence-electron chi connectivity index (χ3n) is 5.00. The van der Waals surface area contributed by atoms with Crippen LogP contribution < -0.4 is 14.5 Å². The summed E-state index contributed by atoms with van der Waals surface area (Å²) in [5.74, 6) is 1.59. The highest BCUT2D eigenvalue weighted by Crippen LogP contribution is 2.33. The predicted octanol–water partition coefficient (Wildman–Crippen LogP) is 3.29. The molecule has 0 N–H and O–H groups in total. The number of aromatic nitrogens is 2. The van der Waals surface area contributed by atoms with E-state index < -0.39 is 0 Å². The number of anilines is 2. The number of hydrogen-bond donors (Lipinski definition) is 0. The normalized spacial score (nSPS) is 14.1. The van der Waals surface area contributed by atoms with Crippen LogP contribution in [0.15, 0.2) is 47.0 Å². The molecule has 9 heteroatoms. The predicted molar refractivity (Wildman–Crippen MR) is 109 cm³/mol. The molecule has 29 heavy (non-hydrogen) atoms. The van der Waals surface area contributed by atoms with E-state index in [9.17, 15) is 10.1 Å². The Morgan fingerprint density at radius 1 is 1.07 bits per heavy atom. The number of aryl methyl sites for hydroxylation is 1. The van der Waals surface area contributed by atoms with Crippen LogP contribution in [0.4, 0.5) is 17.1 Å². The van der Waals surface area contributed by atoms with Crippen LogP contribution in [0.5, 0.6) is 5.75 Å². The van der Waals surface area contributed by atoms with Crippen LogP contribution in [-0.2, 0) is 0 Å². The van der Waals surface area contributed by atoms with E-state index in [1.165, 1.54) is 6.07 Å². The van der Waals surface area contributed by atoms with Crippen LogP contribution in [0.3, 0.4) is 0 Å². The summed E-state index contributed by atoms with van der Waals surface area (Å²) in [4.78, 5) is 19.8. The monoisotopic (exact) mass is 395 g/mol. The molecule has 1 saturated heterocycles. The molecule has 0 radical (unpaired) electrons. The zero-order chi connectivity index (χ0) is 20.4. The van der Waals surface area contributed by atoms with E-state index >= 15 is 0 Å². The molecule has 0 aliphatic carbocycles. The molecule has 150 valence electrons. The Bertz CT molecular complexity index is 1010. The molecule has 0 bridgehead atoms. The Kier molecular flexibility index (Phi) is 5.03. The molecule has 1 aliphatic heterocycles. The van der Waals surface area contributed by atoms with Crippen molar-refractivity contribution in [2.75, 3.05) is 43.1 Å². The number of hydrogen-bond acceptors (Lipinski definition) is 8. The van der Waals surface area contributed by atoms with E-state index in [1.54, 1.807) is 26.2 Å². The molecule has 0 saturated carbocycles. The zero-order valence-corrected chi connectivity index (χ0v) is 16.2. The maximum Gasteiger partial charge on any atom is 0.293 e. The highest BCUT2D eigenvalue weighted by atomic mass is 16.6. The van der Waals surface area contributed by atoms with Crippen molar-refractivity contribution in [1.82, 2.24) is 10.1 Å². The molecule has 9 nitrogen and oxygen atoms in total. The van der Waals surface area contributed by atoms with Crippen molar-refractivity contribution >= 4 is 17.1 Å². The zero-order valence-electron chi connectivity index (χ0n) is 16.2. The van der Waals surface area contributed by atoms with Crippen molar-refractivity contribution in [3.63, 3.8) is 0 Å². The van der Waals surface area contributed by atoms with Gasteiger partial charge in [0.05, 0.1) is 12.0 Å². The summed E-state index contributed by atoms with van der Waals surface area (Å²) in [5, 5.41) is 15.4. The Morgan fingerprint density at radius 3 is 2.34 bits per heavy atom. The van der Waals surface area contributed by atoms with Crippen LogP contribution in [0.2, 0.25) is 0 Å². The second kappa shape index (κ2) is 7.78. The second-order valence-corrected chi connectivity index (χ2v) is 6.78. The van der Waals surface area contributed by atoms with Crippen LogP contribution in [0, 0.1) is 17.0 Å². The second-order valence-electron chi connectivity index (χ2n) is 6.78. The fourth-order valence-electron chi connectivity index (χ4n) is 3.48. The van der Waals surface area contributed by atoms with Gasteiger partial charge in [0, 0.05) is 43.5 Å². The fourth-order valence-corrected chi connectivity index (χ4v) is 3.48. The van der Waals surface area contributed by atoms with Gasteiger partial charge in [0.1, 0.15) is 11.4 Å². The number of rotatable bonds is 5. The molecular formula is C20H21N5O4. The molecule has 0 unspecified atom stereocenters. The third-order valence-corrected chi connectivity index (χ3v) is 5.00. The molecule has 2 aromatic carbocycles. The van der Waals surface area contributed by atoms with Crippen molar-refractivity contribution in [3.05, 3.63) is 58.4 Å². The first-order chi connectivity index (χ1) is 14.0. The van der Waals surface area contributed by atoms with E-state index in [0.717, 1.165) is 24.5 Å². The van der Waals surface area contributed by atoms with Gasteiger partial charge in [-0.2, -0.15) is 4.98 Å². The van der Waals surface area contributed by atoms with E-state index in [0.29, 0.717) is 30.2 Å². The Morgan fingerprint density at radius 2 is 1.76 bits per heavy atom. The van der Waals surface area contributed by atoms with Gasteiger partial charge in [-0.05, 0) is 43.3 Å². The smallest absolute Gasteiger partial charge is 0.293 e. The van der Waals surface area contributed by atoms with Crippen molar-refractivity contribution in [2.45, 2.75) is 6.92 Å². The standard InChI is InChI=1S/C20H21N5O4/c1-14-21-20(29-22-14)15-3-8-18(19(13-15)25(26)27)24-11-9-23(10-12-24)16-4-6-17(28-2)7-5-16/h3-8,13H,9-12H2,1-2H3. The molecule has 4 rings (SSSR count).